The maximum atomic E-state index is 13.6. The Bertz CT molecular complexity index is 533. The summed E-state index contributed by atoms with van der Waals surface area (Å²) < 4.78 is 39.6. The number of hydrogen-bond donors (Lipinski definition) is 0. The Morgan fingerprint density at radius 1 is 1.28 bits per heavy atom. The number of hydrogen-bond acceptors (Lipinski definition) is 3. The molecule has 1 unspecified atom stereocenters. The number of rotatable bonds is 2. The molecule has 0 radical (unpaired) electrons. The van der Waals surface area contributed by atoms with Crippen LogP contribution in [0.5, 0.6) is 0 Å². The van der Waals surface area contributed by atoms with Crippen molar-refractivity contribution in [3.05, 3.63) is 30.1 Å². The molecule has 1 fully saturated rings. The van der Waals surface area contributed by atoms with Gasteiger partial charge in [-0.1, -0.05) is 12.1 Å². The molecule has 1 atom stereocenters. The minimum Gasteiger partial charge on any atom is -0.301 e. The number of piperazine rings is 1. The van der Waals surface area contributed by atoms with E-state index in [0.29, 0.717) is 19.6 Å². The van der Waals surface area contributed by atoms with E-state index in [-0.39, 0.29) is 10.9 Å². The number of likely N-dealkylation sites (N-methyl/N-ethyl adjacent to an activating group) is 1. The van der Waals surface area contributed by atoms with Crippen molar-refractivity contribution in [3.63, 3.8) is 0 Å². The van der Waals surface area contributed by atoms with Crippen LogP contribution in [-0.2, 0) is 10.0 Å². The van der Waals surface area contributed by atoms with Gasteiger partial charge in [-0.15, -0.1) is 0 Å². The summed E-state index contributed by atoms with van der Waals surface area (Å²) in [6.45, 7) is 3.42. The highest BCUT2D eigenvalue weighted by atomic mass is 32.2. The summed E-state index contributed by atoms with van der Waals surface area (Å²) in [5.74, 6) is -0.691. The average molecular weight is 272 g/mol. The van der Waals surface area contributed by atoms with Crippen molar-refractivity contribution in [1.29, 1.82) is 0 Å². The van der Waals surface area contributed by atoms with E-state index < -0.39 is 15.8 Å². The van der Waals surface area contributed by atoms with Crippen LogP contribution in [0.4, 0.5) is 4.39 Å². The second kappa shape index (κ2) is 4.95. The Hall–Kier alpha value is -0.980. The Labute approximate surface area is 107 Å². The van der Waals surface area contributed by atoms with Gasteiger partial charge in [0.1, 0.15) is 10.7 Å². The zero-order chi connectivity index (χ0) is 13.3. The van der Waals surface area contributed by atoms with E-state index in [1.54, 1.807) is 0 Å². The summed E-state index contributed by atoms with van der Waals surface area (Å²) in [4.78, 5) is 1.86. The molecule has 0 aromatic heterocycles. The predicted molar refractivity (Wildman–Crippen MR) is 67.3 cm³/mol. The van der Waals surface area contributed by atoms with Gasteiger partial charge in [0, 0.05) is 25.7 Å². The molecule has 1 heterocycles. The summed E-state index contributed by atoms with van der Waals surface area (Å²) >= 11 is 0. The molecule has 4 nitrogen and oxygen atoms in total. The van der Waals surface area contributed by atoms with Crippen LogP contribution >= 0.6 is 0 Å². The minimum atomic E-state index is -3.72. The lowest BCUT2D eigenvalue weighted by Gasteiger charge is -2.36. The van der Waals surface area contributed by atoms with Crippen molar-refractivity contribution in [3.8, 4) is 0 Å². The first-order valence-corrected chi connectivity index (χ1v) is 7.32. The van der Waals surface area contributed by atoms with E-state index in [1.165, 1.54) is 28.6 Å². The lowest BCUT2D eigenvalue weighted by Crippen LogP contribution is -2.51. The van der Waals surface area contributed by atoms with Gasteiger partial charge in [-0.3, -0.25) is 0 Å². The van der Waals surface area contributed by atoms with Crippen molar-refractivity contribution >= 4 is 10.0 Å². The molecule has 0 bridgehead atoms. The molecule has 2 rings (SSSR count). The van der Waals surface area contributed by atoms with Crippen LogP contribution in [0.25, 0.3) is 0 Å². The third-order valence-electron chi connectivity index (χ3n) is 3.38. The smallest absolute Gasteiger partial charge is 0.246 e. The van der Waals surface area contributed by atoms with Gasteiger partial charge >= 0.3 is 0 Å². The topological polar surface area (TPSA) is 40.6 Å². The fourth-order valence-electron chi connectivity index (χ4n) is 2.03. The SMILES string of the molecule is CC1CN(S(=O)(=O)c2ccccc2F)CCN1C. The zero-order valence-corrected chi connectivity index (χ0v) is 11.3. The molecule has 1 aromatic rings. The van der Waals surface area contributed by atoms with Gasteiger partial charge in [0.05, 0.1) is 0 Å². The fraction of sp³-hybridized carbons (Fsp3) is 0.500. The zero-order valence-electron chi connectivity index (χ0n) is 10.5. The van der Waals surface area contributed by atoms with Gasteiger partial charge in [-0.25, -0.2) is 12.8 Å². The number of benzene rings is 1. The second-order valence-corrected chi connectivity index (χ2v) is 6.53. The Morgan fingerprint density at radius 3 is 2.56 bits per heavy atom. The first kappa shape index (κ1) is 13.5. The molecular weight excluding hydrogens is 255 g/mol. The third kappa shape index (κ3) is 2.41. The van der Waals surface area contributed by atoms with Gasteiger partial charge in [-0.2, -0.15) is 4.31 Å². The van der Waals surface area contributed by atoms with Gasteiger partial charge in [0.15, 0.2) is 0 Å². The number of nitrogens with zero attached hydrogens (tertiary/aromatic N) is 2. The van der Waals surface area contributed by atoms with Gasteiger partial charge < -0.3 is 4.90 Å². The maximum absolute atomic E-state index is 13.6. The molecule has 0 aliphatic carbocycles. The summed E-state index contributed by atoms with van der Waals surface area (Å²) in [6.07, 6.45) is 0. The highest BCUT2D eigenvalue weighted by Gasteiger charge is 2.32. The molecule has 0 saturated carbocycles. The van der Waals surface area contributed by atoms with E-state index >= 15 is 0 Å². The third-order valence-corrected chi connectivity index (χ3v) is 5.28. The first-order valence-electron chi connectivity index (χ1n) is 5.88. The van der Waals surface area contributed by atoms with E-state index in [0.717, 1.165) is 0 Å². The Balaban J connectivity index is 2.30. The molecule has 18 heavy (non-hydrogen) atoms. The molecule has 1 aromatic carbocycles. The second-order valence-electron chi connectivity index (χ2n) is 4.62. The van der Waals surface area contributed by atoms with Crippen LogP contribution in [0.15, 0.2) is 29.2 Å². The lowest BCUT2D eigenvalue weighted by atomic mass is 10.2. The minimum absolute atomic E-state index is 0.139. The Kier molecular flexibility index (Phi) is 3.70. The standard InChI is InChI=1S/C12H17FN2O2S/c1-10-9-15(8-7-14(10)2)18(16,17)12-6-4-3-5-11(12)13/h3-6,10H,7-9H2,1-2H3. The van der Waals surface area contributed by atoms with Gasteiger partial charge in [0.2, 0.25) is 10.0 Å². The molecule has 0 spiro atoms. The van der Waals surface area contributed by atoms with Crippen molar-refractivity contribution in [2.75, 3.05) is 26.7 Å². The number of sulfonamides is 1. The van der Waals surface area contributed by atoms with E-state index in [4.69, 9.17) is 0 Å². The highest BCUT2D eigenvalue weighted by Crippen LogP contribution is 2.21. The fourth-order valence-corrected chi connectivity index (χ4v) is 3.60. The van der Waals surface area contributed by atoms with Gasteiger partial charge in [-0.05, 0) is 26.1 Å². The molecule has 1 aliphatic heterocycles. The van der Waals surface area contributed by atoms with Crippen LogP contribution in [0, 0.1) is 5.82 Å². The van der Waals surface area contributed by atoms with E-state index in [1.807, 2.05) is 14.0 Å². The lowest BCUT2D eigenvalue weighted by molar-refractivity contribution is 0.159. The van der Waals surface area contributed by atoms with Crippen LogP contribution in [0.1, 0.15) is 6.92 Å². The molecule has 1 aliphatic rings. The highest BCUT2D eigenvalue weighted by molar-refractivity contribution is 7.89. The molecule has 6 heteroatoms. The first-order chi connectivity index (χ1) is 8.43. The van der Waals surface area contributed by atoms with Crippen LogP contribution in [0.2, 0.25) is 0 Å². The van der Waals surface area contributed by atoms with Crippen LogP contribution in [0.3, 0.4) is 0 Å². The number of halogens is 1. The molecule has 1 saturated heterocycles. The molecule has 0 N–H and O–H groups in total. The maximum Gasteiger partial charge on any atom is 0.246 e. The monoisotopic (exact) mass is 272 g/mol. The van der Waals surface area contributed by atoms with Gasteiger partial charge in [0.25, 0.3) is 0 Å². The Morgan fingerprint density at radius 2 is 1.94 bits per heavy atom. The van der Waals surface area contributed by atoms with Crippen LogP contribution in [-0.4, -0.2) is 50.3 Å². The summed E-state index contributed by atoms with van der Waals surface area (Å²) in [6, 6.07) is 5.65. The molecular formula is C12H17FN2O2S. The van der Waals surface area contributed by atoms with E-state index in [9.17, 15) is 12.8 Å². The molecule has 0 amide bonds. The quantitative estimate of drug-likeness (QED) is 0.811. The van der Waals surface area contributed by atoms with Crippen molar-refractivity contribution in [2.24, 2.45) is 0 Å². The largest absolute Gasteiger partial charge is 0.301 e. The van der Waals surface area contributed by atoms with Crippen LogP contribution < -0.4 is 0 Å². The van der Waals surface area contributed by atoms with Crippen molar-refractivity contribution in [2.45, 2.75) is 17.9 Å². The summed E-state index contributed by atoms with van der Waals surface area (Å²) in [7, 11) is -1.76. The van der Waals surface area contributed by atoms with E-state index in [2.05, 4.69) is 4.90 Å². The average Bonchev–Trinajstić information content (AvgIpc) is 2.33. The normalized spacial score (nSPS) is 23.2. The summed E-state index contributed by atoms with van der Waals surface area (Å²) in [5, 5.41) is 0. The summed E-state index contributed by atoms with van der Waals surface area (Å²) in [5.41, 5.74) is 0. The van der Waals surface area contributed by atoms with Crippen molar-refractivity contribution in [1.82, 2.24) is 9.21 Å². The molecule has 100 valence electrons. The predicted octanol–water partition coefficient (Wildman–Crippen LogP) is 1.15. The van der Waals surface area contributed by atoms with Crippen molar-refractivity contribution < 1.29 is 12.8 Å².